The Kier molecular flexibility index (Phi) is 7.31. The number of hydrogen-bond donors (Lipinski definition) is 1. The zero-order valence-electron chi connectivity index (χ0n) is 14.4. The molecule has 0 saturated carbocycles. The Bertz CT molecular complexity index is 942. The number of ether oxygens (including phenoxy) is 1. The van der Waals surface area contributed by atoms with E-state index in [1.165, 1.54) is 13.3 Å². The van der Waals surface area contributed by atoms with E-state index in [-0.39, 0.29) is 21.4 Å². The molecule has 0 aliphatic carbocycles. The van der Waals surface area contributed by atoms with Crippen LogP contribution in [0, 0.1) is 11.3 Å². The zero-order valence-corrected chi connectivity index (χ0v) is 16.0. The number of rotatable bonds is 7. The first kappa shape index (κ1) is 21.6. The van der Waals surface area contributed by atoms with Crippen LogP contribution < -0.4 is 10.1 Å². The van der Waals surface area contributed by atoms with E-state index >= 15 is 0 Å². The number of hydrogen-bond acceptors (Lipinski definition) is 6. The summed E-state index contributed by atoms with van der Waals surface area (Å²) in [5.41, 5.74) is -0.522. The number of nitriles is 1. The second kappa shape index (κ2) is 9.48. The number of thioether (sulfide) groups is 1. The molecule has 0 fully saturated rings. The van der Waals surface area contributed by atoms with Gasteiger partial charge in [-0.05, 0) is 18.2 Å². The molecule has 0 aliphatic heterocycles. The molecule has 1 aromatic heterocycles. The van der Waals surface area contributed by atoms with Gasteiger partial charge in [0.15, 0.2) is 5.78 Å². The Morgan fingerprint density at radius 3 is 2.79 bits per heavy atom. The van der Waals surface area contributed by atoms with Gasteiger partial charge in [0, 0.05) is 24.2 Å². The van der Waals surface area contributed by atoms with E-state index in [0.29, 0.717) is 17.6 Å². The van der Waals surface area contributed by atoms with Gasteiger partial charge in [0.1, 0.15) is 22.4 Å². The van der Waals surface area contributed by atoms with Crippen molar-refractivity contribution < 1.29 is 22.7 Å². The summed E-state index contributed by atoms with van der Waals surface area (Å²) in [6.45, 7) is 0. The topological polar surface area (TPSA) is 75.0 Å². The fourth-order valence-corrected chi connectivity index (χ4v) is 3.02. The molecular weight excluding hydrogens is 415 g/mol. The number of carbonyl (C=O) groups excluding carboxylic acids is 1. The van der Waals surface area contributed by atoms with Crippen molar-refractivity contribution in [2.24, 2.45) is 0 Å². The molecule has 0 aliphatic rings. The lowest BCUT2D eigenvalue weighted by Crippen LogP contribution is -2.08. The molecule has 0 radical (unpaired) electrons. The van der Waals surface area contributed by atoms with Crippen LogP contribution in [0.5, 0.6) is 5.75 Å². The number of pyridine rings is 1. The number of ketones is 1. The molecule has 0 amide bonds. The van der Waals surface area contributed by atoms with Crippen LogP contribution in [-0.2, 0) is 11.0 Å². The van der Waals surface area contributed by atoms with Gasteiger partial charge in [0.2, 0.25) is 0 Å². The van der Waals surface area contributed by atoms with Gasteiger partial charge in [-0.15, -0.1) is 0 Å². The molecule has 0 unspecified atom stereocenters. The fraction of sp³-hybridized carbons (Fsp3) is 0.167. The largest absolute Gasteiger partial charge is 0.497 e. The molecule has 1 N–H and O–H groups in total. The Labute approximate surface area is 168 Å². The fourth-order valence-electron chi connectivity index (χ4n) is 1.94. The highest BCUT2D eigenvalue weighted by molar-refractivity contribution is 8.00. The SMILES string of the molecule is COc1cccc(NC=C(C#N)C(=O)CSc2ncc(C(F)(F)F)cc2Cl)c1. The van der Waals surface area contributed by atoms with Gasteiger partial charge < -0.3 is 10.1 Å². The number of carbonyl (C=O) groups is 1. The Morgan fingerprint density at radius 2 is 2.18 bits per heavy atom. The van der Waals surface area contributed by atoms with Crippen LogP contribution in [0.2, 0.25) is 5.02 Å². The number of methoxy groups -OCH3 is 1. The van der Waals surface area contributed by atoms with E-state index in [1.807, 2.05) is 0 Å². The summed E-state index contributed by atoms with van der Waals surface area (Å²) in [4.78, 5) is 15.8. The van der Waals surface area contributed by atoms with E-state index in [9.17, 15) is 23.2 Å². The molecule has 1 aromatic carbocycles. The number of anilines is 1. The van der Waals surface area contributed by atoms with Crippen LogP contribution in [0.1, 0.15) is 5.56 Å². The van der Waals surface area contributed by atoms with Gasteiger partial charge in [-0.2, -0.15) is 18.4 Å². The lowest BCUT2D eigenvalue weighted by molar-refractivity contribution is -0.137. The van der Waals surface area contributed by atoms with E-state index in [4.69, 9.17) is 16.3 Å². The van der Waals surface area contributed by atoms with Crippen molar-refractivity contribution in [2.45, 2.75) is 11.2 Å². The predicted octanol–water partition coefficient (Wildman–Crippen LogP) is 4.94. The van der Waals surface area contributed by atoms with Crippen molar-refractivity contribution >= 4 is 34.8 Å². The number of halogens is 4. The second-order valence-corrected chi connectivity index (χ2v) is 6.64. The molecule has 2 aromatic rings. The maximum atomic E-state index is 12.6. The Hall–Kier alpha value is -2.70. The summed E-state index contributed by atoms with van der Waals surface area (Å²) in [6, 6.07) is 9.40. The molecule has 0 bridgehead atoms. The summed E-state index contributed by atoms with van der Waals surface area (Å²) in [5.74, 6) is -0.139. The number of Topliss-reactive ketones (excluding diaryl/α,β-unsaturated/α-hetero) is 1. The number of nitrogens with zero attached hydrogens (tertiary/aromatic N) is 2. The number of nitrogens with one attached hydrogen (secondary N) is 1. The normalized spacial score (nSPS) is 11.6. The van der Waals surface area contributed by atoms with E-state index < -0.39 is 17.5 Å². The zero-order chi connectivity index (χ0) is 20.7. The minimum absolute atomic E-state index is 0.0704. The van der Waals surface area contributed by atoms with Crippen molar-refractivity contribution in [3.8, 4) is 11.8 Å². The highest BCUT2D eigenvalue weighted by Gasteiger charge is 2.31. The van der Waals surface area contributed by atoms with Crippen LogP contribution in [0.4, 0.5) is 18.9 Å². The van der Waals surface area contributed by atoms with Crippen molar-refractivity contribution in [1.82, 2.24) is 4.98 Å². The molecule has 0 saturated heterocycles. The minimum Gasteiger partial charge on any atom is -0.497 e. The quantitative estimate of drug-likeness (QED) is 0.383. The number of benzene rings is 1. The molecule has 28 heavy (non-hydrogen) atoms. The molecule has 146 valence electrons. The third kappa shape index (κ3) is 5.90. The lowest BCUT2D eigenvalue weighted by atomic mass is 10.2. The first-order valence-corrected chi connectivity index (χ1v) is 9.00. The maximum absolute atomic E-state index is 12.6. The van der Waals surface area contributed by atoms with Crippen molar-refractivity contribution in [3.05, 3.63) is 58.9 Å². The summed E-state index contributed by atoms with van der Waals surface area (Å²) in [5, 5.41) is 11.8. The average Bonchev–Trinajstić information content (AvgIpc) is 2.66. The number of allylic oxidation sites excluding steroid dienone is 1. The molecule has 0 spiro atoms. The average molecular weight is 428 g/mol. The number of alkyl halides is 3. The van der Waals surface area contributed by atoms with Gasteiger partial charge in [-0.25, -0.2) is 4.98 Å². The third-order valence-corrected chi connectivity index (χ3v) is 4.75. The smallest absolute Gasteiger partial charge is 0.417 e. The van der Waals surface area contributed by atoms with Crippen LogP contribution in [-0.4, -0.2) is 23.6 Å². The van der Waals surface area contributed by atoms with E-state index in [2.05, 4.69) is 10.3 Å². The predicted molar refractivity (Wildman–Crippen MR) is 100 cm³/mol. The van der Waals surface area contributed by atoms with Gasteiger partial charge >= 0.3 is 6.18 Å². The molecule has 1 heterocycles. The molecule has 0 atom stereocenters. The minimum atomic E-state index is -4.56. The van der Waals surface area contributed by atoms with Gasteiger partial charge in [-0.3, -0.25) is 4.79 Å². The molecule has 5 nitrogen and oxygen atoms in total. The van der Waals surface area contributed by atoms with Crippen LogP contribution in [0.3, 0.4) is 0 Å². The molecule has 2 rings (SSSR count). The van der Waals surface area contributed by atoms with Crippen LogP contribution in [0.25, 0.3) is 0 Å². The van der Waals surface area contributed by atoms with Crippen LogP contribution in [0.15, 0.2) is 53.3 Å². The van der Waals surface area contributed by atoms with Crippen molar-refractivity contribution in [1.29, 1.82) is 5.26 Å². The summed E-state index contributed by atoms with van der Waals surface area (Å²) in [7, 11) is 1.51. The summed E-state index contributed by atoms with van der Waals surface area (Å²) in [6.07, 6.45) is -2.66. The Morgan fingerprint density at radius 1 is 1.43 bits per heavy atom. The third-order valence-electron chi connectivity index (χ3n) is 3.35. The first-order valence-electron chi connectivity index (χ1n) is 7.64. The van der Waals surface area contributed by atoms with Crippen LogP contribution >= 0.6 is 23.4 Å². The van der Waals surface area contributed by atoms with Gasteiger partial charge in [-0.1, -0.05) is 29.4 Å². The summed E-state index contributed by atoms with van der Waals surface area (Å²) >= 11 is 6.65. The highest BCUT2D eigenvalue weighted by atomic mass is 35.5. The first-order chi connectivity index (χ1) is 13.2. The molecule has 10 heteroatoms. The van der Waals surface area contributed by atoms with Gasteiger partial charge in [0.25, 0.3) is 0 Å². The van der Waals surface area contributed by atoms with Gasteiger partial charge in [0.05, 0.1) is 23.4 Å². The standard InChI is InChI=1S/C18H13ClF3N3O2S/c1-27-14-4-2-3-13(6-14)24-8-11(7-23)16(26)10-28-17-15(19)5-12(9-25-17)18(20,21)22/h2-6,8-9,24H,10H2,1H3. The second-order valence-electron chi connectivity index (χ2n) is 5.27. The monoisotopic (exact) mass is 427 g/mol. The Balaban J connectivity index is 2.03. The van der Waals surface area contributed by atoms with Crippen molar-refractivity contribution in [3.63, 3.8) is 0 Å². The van der Waals surface area contributed by atoms with E-state index in [1.54, 1.807) is 30.3 Å². The molecular formula is C18H13ClF3N3O2S. The lowest BCUT2D eigenvalue weighted by Gasteiger charge is -2.08. The van der Waals surface area contributed by atoms with E-state index in [0.717, 1.165) is 17.8 Å². The number of aromatic nitrogens is 1. The summed E-state index contributed by atoms with van der Waals surface area (Å²) < 4.78 is 42.9. The highest BCUT2D eigenvalue weighted by Crippen LogP contribution is 2.33. The van der Waals surface area contributed by atoms with Crippen molar-refractivity contribution in [2.75, 3.05) is 18.2 Å². The maximum Gasteiger partial charge on any atom is 0.417 e.